The molecule has 0 radical (unpaired) electrons. The normalized spacial score (nSPS) is 16.7. The first kappa shape index (κ1) is 18.8. The number of nitrogens with one attached hydrogen (secondary N) is 1. The highest BCUT2D eigenvalue weighted by atomic mass is 16.5. The minimum atomic E-state index is -1.06. The van der Waals surface area contributed by atoms with Crippen molar-refractivity contribution < 1.29 is 19.4 Å². The molecular formula is C21H24N2O4. The van der Waals surface area contributed by atoms with Gasteiger partial charge in [0, 0.05) is 24.3 Å². The third-order valence-electron chi connectivity index (χ3n) is 4.86. The van der Waals surface area contributed by atoms with Crippen LogP contribution in [0.25, 0.3) is 0 Å². The number of nitrogens with zero attached hydrogens (tertiary/aromatic N) is 1. The topological polar surface area (TPSA) is 78.9 Å². The van der Waals surface area contributed by atoms with Gasteiger partial charge < -0.3 is 20.1 Å². The lowest BCUT2D eigenvalue weighted by molar-refractivity contribution is 0.0698. The monoisotopic (exact) mass is 368 g/mol. The second kappa shape index (κ2) is 8.12. The molecule has 6 nitrogen and oxygen atoms in total. The summed E-state index contributed by atoms with van der Waals surface area (Å²) < 4.78 is 5.08. The summed E-state index contributed by atoms with van der Waals surface area (Å²) >= 11 is 0. The van der Waals surface area contributed by atoms with Crippen molar-refractivity contribution in [3.05, 3.63) is 53.6 Å². The van der Waals surface area contributed by atoms with Gasteiger partial charge in [0.1, 0.15) is 5.75 Å². The van der Waals surface area contributed by atoms with Crippen molar-refractivity contribution in [2.75, 3.05) is 30.4 Å². The van der Waals surface area contributed by atoms with Gasteiger partial charge in [-0.2, -0.15) is 0 Å². The molecule has 0 saturated carbocycles. The van der Waals surface area contributed by atoms with Gasteiger partial charge in [-0.05, 0) is 61.2 Å². The average molecular weight is 368 g/mol. The maximum absolute atomic E-state index is 12.5. The van der Waals surface area contributed by atoms with Gasteiger partial charge >= 0.3 is 5.97 Å². The van der Waals surface area contributed by atoms with Gasteiger partial charge in [0.25, 0.3) is 5.91 Å². The number of carboxylic acids is 1. The van der Waals surface area contributed by atoms with Crippen LogP contribution in [-0.2, 0) is 0 Å². The van der Waals surface area contributed by atoms with E-state index < -0.39 is 5.97 Å². The molecule has 0 aromatic heterocycles. The SMILES string of the molecule is COc1ccc(C(=O)Nc2ccc(N3CCCC(C)C3)cc2C(=O)O)cc1. The van der Waals surface area contributed by atoms with Gasteiger partial charge in [-0.25, -0.2) is 4.79 Å². The number of amides is 1. The molecule has 1 aliphatic heterocycles. The summed E-state index contributed by atoms with van der Waals surface area (Å²) in [6.07, 6.45) is 2.29. The summed E-state index contributed by atoms with van der Waals surface area (Å²) in [6, 6.07) is 11.8. The zero-order chi connectivity index (χ0) is 19.4. The largest absolute Gasteiger partial charge is 0.497 e. The van der Waals surface area contributed by atoms with Gasteiger partial charge in [-0.3, -0.25) is 4.79 Å². The predicted octanol–water partition coefficient (Wildman–Crippen LogP) is 3.88. The molecule has 1 amide bonds. The van der Waals surface area contributed by atoms with E-state index in [9.17, 15) is 14.7 Å². The Morgan fingerprint density at radius 1 is 1.19 bits per heavy atom. The van der Waals surface area contributed by atoms with E-state index in [2.05, 4.69) is 17.1 Å². The first-order chi connectivity index (χ1) is 13.0. The number of hydrogen-bond acceptors (Lipinski definition) is 4. The van der Waals surface area contributed by atoms with Crippen LogP contribution in [0.4, 0.5) is 11.4 Å². The first-order valence-corrected chi connectivity index (χ1v) is 9.05. The minimum absolute atomic E-state index is 0.0904. The number of anilines is 2. The number of aromatic carboxylic acids is 1. The number of rotatable bonds is 5. The highest BCUT2D eigenvalue weighted by molar-refractivity contribution is 6.08. The molecule has 2 N–H and O–H groups in total. The summed E-state index contributed by atoms with van der Waals surface area (Å²) in [7, 11) is 1.55. The van der Waals surface area contributed by atoms with E-state index in [1.54, 1.807) is 43.5 Å². The molecule has 0 bridgehead atoms. The van der Waals surface area contributed by atoms with E-state index >= 15 is 0 Å². The lowest BCUT2D eigenvalue weighted by Gasteiger charge is -2.33. The fourth-order valence-corrected chi connectivity index (χ4v) is 3.38. The number of methoxy groups -OCH3 is 1. The first-order valence-electron chi connectivity index (χ1n) is 9.05. The van der Waals surface area contributed by atoms with E-state index in [1.165, 1.54) is 6.42 Å². The molecule has 1 aliphatic rings. The van der Waals surface area contributed by atoms with Crippen LogP contribution in [0.5, 0.6) is 5.75 Å². The van der Waals surface area contributed by atoms with Crippen molar-refractivity contribution in [2.45, 2.75) is 19.8 Å². The van der Waals surface area contributed by atoms with Crippen molar-refractivity contribution in [3.63, 3.8) is 0 Å². The Kier molecular flexibility index (Phi) is 5.64. The number of carboxylic acid groups (broad SMARTS) is 1. The summed E-state index contributed by atoms with van der Waals surface area (Å²) in [6.45, 7) is 4.03. The predicted molar refractivity (Wildman–Crippen MR) is 105 cm³/mol. The van der Waals surface area contributed by atoms with Gasteiger partial charge in [0.05, 0.1) is 18.4 Å². The second-order valence-corrected chi connectivity index (χ2v) is 6.91. The molecule has 142 valence electrons. The number of carbonyl (C=O) groups is 2. The van der Waals surface area contributed by atoms with Crippen LogP contribution in [-0.4, -0.2) is 37.2 Å². The summed E-state index contributed by atoms with van der Waals surface area (Å²) in [5.74, 6) is -0.189. The Hall–Kier alpha value is -3.02. The number of hydrogen-bond donors (Lipinski definition) is 2. The summed E-state index contributed by atoms with van der Waals surface area (Å²) in [5.41, 5.74) is 1.69. The zero-order valence-electron chi connectivity index (χ0n) is 15.6. The van der Waals surface area contributed by atoms with Gasteiger partial charge in [0.2, 0.25) is 0 Å². The molecule has 1 atom stereocenters. The van der Waals surface area contributed by atoms with Gasteiger partial charge in [0.15, 0.2) is 0 Å². The van der Waals surface area contributed by atoms with Gasteiger partial charge in [-0.1, -0.05) is 6.92 Å². The Morgan fingerprint density at radius 2 is 1.93 bits per heavy atom. The smallest absolute Gasteiger partial charge is 0.337 e. The van der Waals surface area contributed by atoms with Crippen molar-refractivity contribution in [2.24, 2.45) is 5.92 Å². The van der Waals surface area contributed by atoms with E-state index in [0.717, 1.165) is 25.2 Å². The lowest BCUT2D eigenvalue weighted by atomic mass is 9.99. The van der Waals surface area contributed by atoms with E-state index in [0.29, 0.717) is 17.2 Å². The Balaban J connectivity index is 1.81. The maximum atomic E-state index is 12.5. The quantitative estimate of drug-likeness (QED) is 0.837. The molecule has 1 fully saturated rings. The fourth-order valence-electron chi connectivity index (χ4n) is 3.38. The van der Waals surface area contributed by atoms with Crippen molar-refractivity contribution in [1.82, 2.24) is 0 Å². The fraction of sp³-hybridized carbons (Fsp3) is 0.333. The maximum Gasteiger partial charge on any atom is 0.337 e. The molecule has 0 aliphatic carbocycles. The second-order valence-electron chi connectivity index (χ2n) is 6.91. The molecule has 1 unspecified atom stereocenters. The van der Waals surface area contributed by atoms with Crippen LogP contribution in [0.1, 0.15) is 40.5 Å². The van der Waals surface area contributed by atoms with Crippen LogP contribution >= 0.6 is 0 Å². The molecule has 2 aromatic carbocycles. The van der Waals surface area contributed by atoms with E-state index in [1.807, 2.05) is 6.07 Å². The van der Waals surface area contributed by atoms with Crippen LogP contribution in [0.15, 0.2) is 42.5 Å². The highest BCUT2D eigenvalue weighted by Crippen LogP contribution is 2.28. The summed E-state index contributed by atoms with van der Waals surface area (Å²) in [5, 5.41) is 12.3. The number of piperidine rings is 1. The standard InChI is InChI=1S/C21H24N2O4/c1-14-4-3-11-23(13-14)16-7-10-19(18(12-16)21(25)26)22-20(24)15-5-8-17(27-2)9-6-15/h5-10,12,14H,3-4,11,13H2,1-2H3,(H,22,24)(H,25,26). The highest BCUT2D eigenvalue weighted by Gasteiger charge is 2.20. The molecule has 2 aromatic rings. The number of ether oxygens (including phenoxy) is 1. The molecule has 3 rings (SSSR count). The van der Waals surface area contributed by atoms with Crippen molar-refractivity contribution in [1.29, 1.82) is 0 Å². The molecule has 6 heteroatoms. The lowest BCUT2D eigenvalue weighted by Crippen LogP contribution is -2.34. The van der Waals surface area contributed by atoms with Crippen LogP contribution in [0.3, 0.4) is 0 Å². The van der Waals surface area contributed by atoms with E-state index in [-0.39, 0.29) is 17.2 Å². The zero-order valence-corrected chi connectivity index (χ0v) is 15.6. The third-order valence-corrected chi connectivity index (χ3v) is 4.86. The van der Waals surface area contributed by atoms with Crippen molar-refractivity contribution >= 4 is 23.3 Å². The Morgan fingerprint density at radius 3 is 2.56 bits per heavy atom. The van der Waals surface area contributed by atoms with Crippen LogP contribution < -0.4 is 15.0 Å². The molecular weight excluding hydrogens is 344 g/mol. The van der Waals surface area contributed by atoms with Gasteiger partial charge in [-0.15, -0.1) is 0 Å². The minimum Gasteiger partial charge on any atom is -0.497 e. The number of benzene rings is 2. The molecule has 27 heavy (non-hydrogen) atoms. The average Bonchev–Trinajstić information content (AvgIpc) is 2.68. The Labute approximate surface area is 158 Å². The van der Waals surface area contributed by atoms with Crippen LogP contribution in [0.2, 0.25) is 0 Å². The number of carbonyl (C=O) groups excluding carboxylic acids is 1. The van der Waals surface area contributed by atoms with E-state index in [4.69, 9.17) is 4.74 Å². The molecule has 0 spiro atoms. The van der Waals surface area contributed by atoms with Crippen molar-refractivity contribution in [3.8, 4) is 5.75 Å². The molecule has 1 heterocycles. The Bertz CT molecular complexity index is 833. The summed E-state index contributed by atoms with van der Waals surface area (Å²) in [4.78, 5) is 26.4. The third kappa shape index (κ3) is 4.39. The van der Waals surface area contributed by atoms with Crippen LogP contribution in [0, 0.1) is 5.92 Å². The molecule has 1 saturated heterocycles.